The molecule has 1 N–H and O–H groups in total. The second-order valence-corrected chi connectivity index (χ2v) is 6.40. The molecule has 1 heterocycles. The summed E-state index contributed by atoms with van der Waals surface area (Å²) in [6.45, 7) is 6.08. The van der Waals surface area contributed by atoms with E-state index in [0.29, 0.717) is 17.0 Å². The van der Waals surface area contributed by atoms with Crippen LogP contribution in [0, 0.1) is 24.0 Å². The average molecular weight is 266 g/mol. The van der Waals surface area contributed by atoms with Crippen LogP contribution in [0.4, 0.5) is 11.4 Å². The Morgan fingerprint density at radius 1 is 1.39 bits per heavy atom. The Balaban J connectivity index is 2.25. The van der Waals surface area contributed by atoms with Crippen molar-refractivity contribution in [2.45, 2.75) is 38.5 Å². The molecule has 0 spiro atoms. The molecule has 1 aromatic rings. The predicted molar refractivity (Wildman–Crippen MR) is 76.5 cm³/mol. The molecule has 0 radical (unpaired) electrons. The number of nitrogens with one attached hydrogen (secondary N) is 1. The molecule has 0 saturated carbocycles. The van der Waals surface area contributed by atoms with E-state index in [4.69, 9.17) is 0 Å². The lowest BCUT2D eigenvalue weighted by molar-refractivity contribution is -0.384. The topological polar surface area (TPSA) is 55.2 Å². The first-order chi connectivity index (χ1) is 8.47. The minimum absolute atomic E-state index is 0.183. The number of hydrogen-bond acceptors (Lipinski definition) is 4. The van der Waals surface area contributed by atoms with Crippen molar-refractivity contribution in [3.8, 4) is 0 Å². The molecular formula is C13H18N2O2S. The monoisotopic (exact) mass is 266 g/mol. The lowest BCUT2D eigenvalue weighted by Crippen LogP contribution is -2.19. The maximum atomic E-state index is 11.1. The molecule has 98 valence electrons. The van der Waals surface area contributed by atoms with Crippen molar-refractivity contribution >= 4 is 23.1 Å². The van der Waals surface area contributed by atoms with E-state index in [-0.39, 0.29) is 10.6 Å². The quantitative estimate of drug-likeness (QED) is 0.672. The van der Waals surface area contributed by atoms with Gasteiger partial charge in [-0.15, -0.1) is 0 Å². The summed E-state index contributed by atoms with van der Waals surface area (Å²) in [4.78, 5) is 10.8. The van der Waals surface area contributed by atoms with Crippen LogP contribution in [0.15, 0.2) is 12.1 Å². The van der Waals surface area contributed by atoms with Gasteiger partial charge in [-0.3, -0.25) is 10.1 Å². The maximum Gasteiger partial charge on any atom is 0.292 e. The number of aryl methyl sites for hydroxylation is 2. The van der Waals surface area contributed by atoms with Gasteiger partial charge in [0.2, 0.25) is 0 Å². The maximum absolute atomic E-state index is 11.1. The number of benzene rings is 1. The second-order valence-electron chi connectivity index (χ2n) is 4.93. The van der Waals surface area contributed by atoms with Crippen LogP contribution in [0.3, 0.4) is 0 Å². The molecule has 0 aromatic heterocycles. The number of nitro benzene ring substituents is 1. The fourth-order valence-corrected chi connectivity index (χ4v) is 3.35. The van der Waals surface area contributed by atoms with Crippen molar-refractivity contribution in [2.75, 3.05) is 11.1 Å². The highest BCUT2D eigenvalue weighted by molar-refractivity contribution is 8.00. The van der Waals surface area contributed by atoms with E-state index in [1.165, 1.54) is 0 Å². The smallest absolute Gasteiger partial charge is 0.292 e. The zero-order valence-electron chi connectivity index (χ0n) is 10.9. The summed E-state index contributed by atoms with van der Waals surface area (Å²) in [5.41, 5.74) is 2.88. The van der Waals surface area contributed by atoms with Crippen molar-refractivity contribution in [3.05, 3.63) is 33.4 Å². The molecule has 1 aromatic carbocycles. The van der Waals surface area contributed by atoms with E-state index in [9.17, 15) is 10.1 Å². The van der Waals surface area contributed by atoms with Gasteiger partial charge in [0.15, 0.2) is 0 Å². The van der Waals surface area contributed by atoms with Crippen LogP contribution in [0.5, 0.6) is 0 Å². The molecule has 1 fully saturated rings. The van der Waals surface area contributed by atoms with E-state index in [0.717, 1.165) is 23.3 Å². The van der Waals surface area contributed by atoms with Gasteiger partial charge in [0.1, 0.15) is 5.69 Å². The molecule has 1 saturated heterocycles. The predicted octanol–water partition coefficient (Wildman–Crippen LogP) is 3.52. The third kappa shape index (κ3) is 2.77. The molecule has 1 aliphatic rings. The lowest BCUT2D eigenvalue weighted by Gasteiger charge is -2.14. The van der Waals surface area contributed by atoms with E-state index in [1.54, 1.807) is 6.07 Å². The van der Waals surface area contributed by atoms with Gasteiger partial charge in [-0.25, -0.2) is 0 Å². The number of nitrogens with zero attached hydrogens (tertiary/aromatic N) is 1. The summed E-state index contributed by atoms with van der Waals surface area (Å²) in [5, 5.41) is 15.0. The van der Waals surface area contributed by atoms with Gasteiger partial charge in [-0.1, -0.05) is 6.92 Å². The van der Waals surface area contributed by atoms with Crippen LogP contribution in [0.2, 0.25) is 0 Å². The summed E-state index contributed by atoms with van der Waals surface area (Å²) in [6.07, 6.45) is 1.06. The summed E-state index contributed by atoms with van der Waals surface area (Å²) < 4.78 is 0. The third-order valence-electron chi connectivity index (χ3n) is 3.37. The van der Waals surface area contributed by atoms with Crippen LogP contribution >= 0.6 is 11.8 Å². The van der Waals surface area contributed by atoms with Crippen LogP contribution in [0.1, 0.15) is 24.5 Å². The van der Waals surface area contributed by atoms with Crippen LogP contribution in [-0.2, 0) is 0 Å². The molecule has 18 heavy (non-hydrogen) atoms. The Hall–Kier alpha value is -1.23. The largest absolute Gasteiger partial charge is 0.376 e. The molecule has 2 unspecified atom stereocenters. The second kappa shape index (κ2) is 5.18. The highest BCUT2D eigenvalue weighted by atomic mass is 32.2. The number of rotatable bonds is 3. The molecular weight excluding hydrogens is 248 g/mol. The van der Waals surface area contributed by atoms with Crippen LogP contribution in [-0.4, -0.2) is 22.0 Å². The molecule has 0 aliphatic carbocycles. The molecule has 4 nitrogen and oxygen atoms in total. The Kier molecular flexibility index (Phi) is 3.80. The highest BCUT2D eigenvalue weighted by Gasteiger charge is 2.24. The van der Waals surface area contributed by atoms with Crippen molar-refractivity contribution in [2.24, 2.45) is 0 Å². The van der Waals surface area contributed by atoms with Crippen LogP contribution < -0.4 is 5.32 Å². The van der Waals surface area contributed by atoms with Gasteiger partial charge in [0, 0.05) is 23.1 Å². The zero-order chi connectivity index (χ0) is 13.3. The Labute approximate surface area is 111 Å². The van der Waals surface area contributed by atoms with Crippen molar-refractivity contribution in [3.63, 3.8) is 0 Å². The molecule has 5 heteroatoms. The van der Waals surface area contributed by atoms with E-state index < -0.39 is 0 Å². The van der Waals surface area contributed by atoms with E-state index in [2.05, 4.69) is 12.2 Å². The molecule has 2 atom stereocenters. The minimum atomic E-state index is -0.305. The third-order valence-corrected chi connectivity index (χ3v) is 4.72. The summed E-state index contributed by atoms with van der Waals surface area (Å²) in [5.74, 6) is 1.02. The minimum Gasteiger partial charge on any atom is -0.376 e. The SMILES string of the molecule is Cc1cc(NC2CSC(C)C2)c([N+](=O)[O-])cc1C. The molecule has 0 amide bonds. The highest BCUT2D eigenvalue weighted by Crippen LogP contribution is 2.33. The van der Waals surface area contributed by atoms with Crippen molar-refractivity contribution in [1.29, 1.82) is 0 Å². The Morgan fingerprint density at radius 3 is 2.61 bits per heavy atom. The van der Waals surface area contributed by atoms with Crippen LogP contribution in [0.25, 0.3) is 0 Å². The van der Waals surface area contributed by atoms with Gasteiger partial charge < -0.3 is 5.32 Å². The van der Waals surface area contributed by atoms with Crippen molar-refractivity contribution < 1.29 is 4.92 Å². The van der Waals surface area contributed by atoms with E-state index >= 15 is 0 Å². The summed E-state index contributed by atoms with van der Waals surface area (Å²) >= 11 is 1.91. The molecule has 2 rings (SSSR count). The van der Waals surface area contributed by atoms with Gasteiger partial charge in [0.25, 0.3) is 5.69 Å². The number of hydrogen-bond donors (Lipinski definition) is 1. The van der Waals surface area contributed by atoms with Gasteiger partial charge in [0.05, 0.1) is 4.92 Å². The van der Waals surface area contributed by atoms with Gasteiger partial charge >= 0.3 is 0 Å². The number of thioether (sulfide) groups is 1. The van der Waals surface area contributed by atoms with Gasteiger partial charge in [-0.2, -0.15) is 11.8 Å². The van der Waals surface area contributed by atoms with Crippen molar-refractivity contribution in [1.82, 2.24) is 0 Å². The van der Waals surface area contributed by atoms with Gasteiger partial charge in [-0.05, 0) is 37.5 Å². The Bertz CT molecular complexity index is 476. The standard InChI is InChI=1S/C13H18N2O2S/c1-8-4-12(13(15(16)17)5-9(8)2)14-11-6-10(3)18-7-11/h4-5,10-11,14H,6-7H2,1-3H3. The summed E-state index contributed by atoms with van der Waals surface area (Å²) in [7, 11) is 0. The first kappa shape index (κ1) is 13.2. The normalized spacial score (nSPS) is 23.1. The van der Waals surface area contributed by atoms with E-state index in [1.807, 2.05) is 31.7 Å². The number of anilines is 1. The fraction of sp³-hybridized carbons (Fsp3) is 0.538. The first-order valence-corrected chi connectivity index (χ1v) is 7.16. The molecule has 1 aliphatic heterocycles. The fourth-order valence-electron chi connectivity index (χ4n) is 2.21. The zero-order valence-corrected chi connectivity index (χ0v) is 11.7. The number of nitro groups is 1. The summed E-state index contributed by atoms with van der Waals surface area (Å²) in [6, 6.07) is 3.88. The Morgan fingerprint density at radius 2 is 2.06 bits per heavy atom. The average Bonchev–Trinajstić information content (AvgIpc) is 2.68. The lowest BCUT2D eigenvalue weighted by atomic mass is 10.1. The molecule has 0 bridgehead atoms. The first-order valence-electron chi connectivity index (χ1n) is 6.11.